The molecule has 0 saturated heterocycles. The fourth-order valence-corrected chi connectivity index (χ4v) is 2.65. The van der Waals surface area contributed by atoms with E-state index in [2.05, 4.69) is 13.8 Å². The molecule has 0 N–H and O–H groups in total. The van der Waals surface area contributed by atoms with Crippen molar-refractivity contribution in [2.24, 2.45) is 5.92 Å². The van der Waals surface area contributed by atoms with Crippen molar-refractivity contribution in [3.63, 3.8) is 0 Å². The Morgan fingerprint density at radius 2 is 1.58 bits per heavy atom. The van der Waals surface area contributed by atoms with Crippen LogP contribution in [-0.4, -0.2) is 17.9 Å². The van der Waals surface area contributed by atoms with E-state index in [1.54, 1.807) is 31.2 Å². The maximum Gasteiger partial charge on any atom is 0.373 e. The molecule has 1 aromatic carbocycles. The molecule has 1 unspecified atom stereocenters. The fourth-order valence-electron chi connectivity index (χ4n) is 2.65. The Bertz CT molecular complexity index is 494. The highest BCUT2D eigenvalue weighted by Gasteiger charge is 2.40. The van der Waals surface area contributed by atoms with Crippen LogP contribution in [0.4, 0.5) is 0 Å². The molecule has 0 aliphatic carbocycles. The van der Waals surface area contributed by atoms with Crippen LogP contribution < -0.4 is 0 Å². The SMILES string of the molecule is CCCCC(CCCC)C(C)(OOC(=O)c1ccccc1)OOC(C)C. The molecule has 0 amide bonds. The summed E-state index contributed by atoms with van der Waals surface area (Å²) in [6, 6.07) is 8.76. The molecule has 0 radical (unpaired) electrons. The second-order valence-electron chi connectivity index (χ2n) is 7.05. The summed E-state index contributed by atoms with van der Waals surface area (Å²) >= 11 is 0. The monoisotopic (exact) mass is 366 g/mol. The van der Waals surface area contributed by atoms with Gasteiger partial charge in [0.05, 0.1) is 11.7 Å². The minimum Gasteiger partial charge on any atom is -0.290 e. The van der Waals surface area contributed by atoms with E-state index in [1.165, 1.54) is 0 Å². The molecule has 0 aliphatic heterocycles. The standard InChI is InChI=1S/C21H34O5/c1-6-8-15-19(16-9-7-2)21(5,25-23-17(3)4)26-24-20(22)18-13-11-10-12-14-18/h10-14,17,19H,6-9,15-16H2,1-5H3. The number of hydrogen-bond acceptors (Lipinski definition) is 5. The topological polar surface area (TPSA) is 54.0 Å². The Morgan fingerprint density at radius 1 is 1.00 bits per heavy atom. The minimum absolute atomic E-state index is 0.0599. The van der Waals surface area contributed by atoms with Crippen LogP contribution in [0, 0.1) is 5.92 Å². The third-order valence-corrected chi connectivity index (χ3v) is 4.25. The molecule has 0 spiro atoms. The van der Waals surface area contributed by atoms with Gasteiger partial charge in [-0.25, -0.2) is 9.68 Å². The molecular formula is C21H34O5. The first-order valence-electron chi connectivity index (χ1n) is 9.72. The molecule has 0 fully saturated rings. The van der Waals surface area contributed by atoms with Gasteiger partial charge in [0.2, 0.25) is 5.79 Å². The lowest BCUT2D eigenvalue weighted by atomic mass is 9.89. The number of carbonyl (C=O) groups excluding carboxylic acids is 1. The highest BCUT2D eigenvalue weighted by molar-refractivity contribution is 5.88. The van der Waals surface area contributed by atoms with Crippen LogP contribution in [-0.2, 0) is 19.6 Å². The molecule has 0 bridgehead atoms. The van der Waals surface area contributed by atoms with Crippen LogP contribution in [0.2, 0.25) is 0 Å². The highest BCUT2D eigenvalue weighted by atomic mass is 17.3. The summed E-state index contributed by atoms with van der Waals surface area (Å²) in [6.07, 6.45) is 5.95. The maximum absolute atomic E-state index is 12.2. The lowest BCUT2D eigenvalue weighted by Crippen LogP contribution is -2.42. The normalized spacial score (nSPS) is 13.8. The average molecular weight is 366 g/mol. The van der Waals surface area contributed by atoms with E-state index in [-0.39, 0.29) is 12.0 Å². The van der Waals surface area contributed by atoms with Gasteiger partial charge in [0, 0.05) is 5.92 Å². The largest absolute Gasteiger partial charge is 0.373 e. The number of rotatable bonds is 13. The Morgan fingerprint density at radius 3 is 2.08 bits per heavy atom. The van der Waals surface area contributed by atoms with Crippen molar-refractivity contribution in [2.45, 2.75) is 85.0 Å². The zero-order valence-electron chi connectivity index (χ0n) is 16.8. The minimum atomic E-state index is -1.15. The lowest BCUT2D eigenvalue weighted by Gasteiger charge is -2.34. The quantitative estimate of drug-likeness (QED) is 0.249. The summed E-state index contributed by atoms with van der Waals surface area (Å²) in [7, 11) is 0. The summed E-state index contributed by atoms with van der Waals surface area (Å²) in [4.78, 5) is 33.9. The van der Waals surface area contributed by atoms with Crippen molar-refractivity contribution >= 4 is 5.97 Å². The summed E-state index contributed by atoms with van der Waals surface area (Å²) in [5.41, 5.74) is 0.429. The van der Waals surface area contributed by atoms with Crippen molar-refractivity contribution in [1.29, 1.82) is 0 Å². The molecule has 0 saturated carbocycles. The Hall–Kier alpha value is -1.43. The zero-order valence-corrected chi connectivity index (χ0v) is 16.8. The number of carbonyl (C=O) groups is 1. The molecule has 1 atom stereocenters. The smallest absolute Gasteiger partial charge is 0.290 e. The molecule has 0 aromatic heterocycles. The van der Waals surface area contributed by atoms with Gasteiger partial charge in [-0.2, -0.15) is 4.89 Å². The van der Waals surface area contributed by atoms with Gasteiger partial charge in [-0.3, -0.25) is 4.89 Å². The summed E-state index contributed by atoms with van der Waals surface area (Å²) < 4.78 is 0. The molecule has 148 valence electrons. The van der Waals surface area contributed by atoms with Gasteiger partial charge in [-0.05, 0) is 45.7 Å². The van der Waals surface area contributed by atoms with E-state index >= 15 is 0 Å². The van der Waals surface area contributed by atoms with Crippen LogP contribution >= 0.6 is 0 Å². The molecule has 0 aliphatic rings. The predicted molar refractivity (Wildman–Crippen MR) is 101 cm³/mol. The van der Waals surface area contributed by atoms with Crippen molar-refractivity contribution < 1.29 is 24.3 Å². The van der Waals surface area contributed by atoms with Gasteiger partial charge in [0.25, 0.3) is 0 Å². The van der Waals surface area contributed by atoms with E-state index in [9.17, 15) is 4.79 Å². The van der Waals surface area contributed by atoms with Gasteiger partial charge < -0.3 is 0 Å². The summed E-state index contributed by atoms with van der Waals surface area (Å²) in [5.74, 6) is -1.64. The van der Waals surface area contributed by atoms with Gasteiger partial charge in [-0.15, -0.1) is 4.89 Å². The third kappa shape index (κ3) is 7.85. The number of unbranched alkanes of at least 4 members (excludes halogenated alkanes) is 2. The van der Waals surface area contributed by atoms with Crippen LogP contribution in [0.1, 0.15) is 83.5 Å². The number of benzene rings is 1. The van der Waals surface area contributed by atoms with Crippen molar-refractivity contribution in [3.8, 4) is 0 Å². The van der Waals surface area contributed by atoms with Crippen molar-refractivity contribution in [2.75, 3.05) is 0 Å². The van der Waals surface area contributed by atoms with Gasteiger partial charge >= 0.3 is 5.97 Å². The Labute approximate surface area is 157 Å². The first-order valence-corrected chi connectivity index (χ1v) is 9.72. The number of hydrogen-bond donors (Lipinski definition) is 0. The van der Waals surface area contributed by atoms with Crippen LogP contribution in [0.5, 0.6) is 0 Å². The Kier molecular flexibility index (Phi) is 10.5. The van der Waals surface area contributed by atoms with Crippen molar-refractivity contribution in [1.82, 2.24) is 0 Å². The first kappa shape index (κ1) is 22.6. The van der Waals surface area contributed by atoms with E-state index in [0.29, 0.717) is 5.56 Å². The van der Waals surface area contributed by atoms with E-state index in [4.69, 9.17) is 19.6 Å². The molecule has 5 nitrogen and oxygen atoms in total. The second kappa shape index (κ2) is 12.0. The molecule has 1 rings (SSSR count). The summed E-state index contributed by atoms with van der Waals surface area (Å²) in [5, 5.41) is 0. The zero-order chi connectivity index (χ0) is 19.4. The van der Waals surface area contributed by atoms with Crippen LogP contribution in [0.25, 0.3) is 0 Å². The average Bonchev–Trinajstić information content (AvgIpc) is 2.65. The van der Waals surface area contributed by atoms with E-state index in [1.807, 2.05) is 19.9 Å². The van der Waals surface area contributed by atoms with Gasteiger partial charge in [0.15, 0.2) is 0 Å². The maximum atomic E-state index is 12.2. The van der Waals surface area contributed by atoms with Crippen molar-refractivity contribution in [3.05, 3.63) is 35.9 Å². The molecule has 26 heavy (non-hydrogen) atoms. The van der Waals surface area contributed by atoms with E-state index in [0.717, 1.165) is 38.5 Å². The lowest BCUT2D eigenvalue weighted by molar-refractivity contribution is -0.510. The third-order valence-electron chi connectivity index (χ3n) is 4.25. The fraction of sp³-hybridized carbons (Fsp3) is 0.667. The molecule has 0 heterocycles. The molecular weight excluding hydrogens is 332 g/mol. The van der Waals surface area contributed by atoms with Gasteiger partial charge in [0.1, 0.15) is 0 Å². The Balaban J connectivity index is 2.85. The first-order chi connectivity index (χ1) is 12.4. The van der Waals surface area contributed by atoms with Crippen LogP contribution in [0.15, 0.2) is 30.3 Å². The second-order valence-corrected chi connectivity index (χ2v) is 7.05. The highest BCUT2D eigenvalue weighted by Crippen LogP contribution is 2.33. The van der Waals surface area contributed by atoms with Crippen LogP contribution in [0.3, 0.4) is 0 Å². The molecule has 1 aromatic rings. The molecule has 5 heteroatoms. The summed E-state index contributed by atoms with van der Waals surface area (Å²) in [6.45, 7) is 9.84. The van der Waals surface area contributed by atoms with E-state index < -0.39 is 11.8 Å². The van der Waals surface area contributed by atoms with Gasteiger partial charge in [-0.1, -0.05) is 57.7 Å². The predicted octanol–water partition coefficient (Wildman–Crippen LogP) is 5.84.